The lowest BCUT2D eigenvalue weighted by atomic mass is 10.2. The number of amides is 1. The van der Waals surface area contributed by atoms with Gasteiger partial charge in [0.05, 0.1) is 18.3 Å². The molecular weight excluding hydrogens is 246 g/mol. The van der Waals surface area contributed by atoms with Gasteiger partial charge in [-0.15, -0.1) is 0 Å². The van der Waals surface area contributed by atoms with Crippen LogP contribution in [-0.4, -0.2) is 34.0 Å². The zero-order valence-electron chi connectivity index (χ0n) is 10.3. The minimum Gasteiger partial charge on any atom is -0.477 e. The Balaban J connectivity index is 2.08. The summed E-state index contributed by atoms with van der Waals surface area (Å²) in [5.74, 6) is -1.18. The number of rotatable bonds is 4. The van der Waals surface area contributed by atoms with E-state index in [9.17, 15) is 9.59 Å². The molecule has 0 saturated carbocycles. The lowest BCUT2D eigenvalue weighted by Gasteiger charge is -2.16. The number of hydrogen-bond acceptors (Lipinski definition) is 3. The molecule has 0 atom stereocenters. The minimum absolute atomic E-state index is 0.0461. The number of carboxylic acid groups (broad SMARTS) is 1. The van der Waals surface area contributed by atoms with E-state index < -0.39 is 5.97 Å². The van der Waals surface area contributed by atoms with Gasteiger partial charge in [0.2, 0.25) is 5.91 Å². The molecule has 0 saturated heterocycles. The van der Waals surface area contributed by atoms with Crippen LogP contribution in [0.15, 0.2) is 36.8 Å². The number of aromatic nitrogens is 2. The molecule has 0 unspecified atom stereocenters. The highest BCUT2D eigenvalue weighted by Gasteiger charge is 2.13. The van der Waals surface area contributed by atoms with Crippen LogP contribution in [0.5, 0.6) is 0 Å². The first kappa shape index (κ1) is 12.8. The molecule has 98 valence electrons. The normalized spacial score (nSPS) is 10.2. The summed E-state index contributed by atoms with van der Waals surface area (Å²) in [6.45, 7) is 0. The maximum atomic E-state index is 12.0. The van der Waals surface area contributed by atoms with Gasteiger partial charge in [0, 0.05) is 19.4 Å². The quantitative estimate of drug-likeness (QED) is 0.866. The fraction of sp³-hybridized carbons (Fsp3) is 0.154. The van der Waals surface area contributed by atoms with Crippen molar-refractivity contribution in [2.45, 2.75) is 6.42 Å². The summed E-state index contributed by atoms with van der Waals surface area (Å²) in [5.41, 5.74) is 1.41. The van der Waals surface area contributed by atoms with Gasteiger partial charge in [-0.25, -0.2) is 9.78 Å². The van der Waals surface area contributed by atoms with Crippen molar-refractivity contribution in [2.75, 3.05) is 11.9 Å². The van der Waals surface area contributed by atoms with Crippen LogP contribution in [-0.2, 0) is 11.2 Å². The van der Waals surface area contributed by atoms with Crippen molar-refractivity contribution < 1.29 is 14.7 Å². The van der Waals surface area contributed by atoms with Gasteiger partial charge < -0.3 is 15.0 Å². The van der Waals surface area contributed by atoms with Crippen LogP contribution >= 0.6 is 0 Å². The van der Waals surface area contributed by atoms with Crippen molar-refractivity contribution in [2.24, 2.45) is 0 Å². The van der Waals surface area contributed by atoms with E-state index in [0.717, 1.165) is 5.56 Å². The van der Waals surface area contributed by atoms with Gasteiger partial charge in [0.15, 0.2) is 0 Å². The van der Waals surface area contributed by atoms with Crippen LogP contribution < -0.4 is 4.90 Å². The number of carbonyl (C=O) groups excluding carboxylic acids is 1. The van der Waals surface area contributed by atoms with Gasteiger partial charge in [-0.05, 0) is 23.8 Å². The summed E-state index contributed by atoms with van der Waals surface area (Å²) in [6, 6.07) is 4.76. The molecule has 0 fully saturated rings. The van der Waals surface area contributed by atoms with Crippen LogP contribution in [0.1, 0.15) is 16.1 Å². The first-order valence-electron chi connectivity index (χ1n) is 5.65. The lowest BCUT2D eigenvalue weighted by molar-refractivity contribution is -0.117. The number of nitrogens with one attached hydrogen (secondary N) is 1. The summed E-state index contributed by atoms with van der Waals surface area (Å²) < 4.78 is 0. The molecule has 2 heterocycles. The number of carbonyl (C=O) groups is 2. The number of pyridine rings is 1. The van der Waals surface area contributed by atoms with Gasteiger partial charge in [0.1, 0.15) is 5.69 Å². The number of H-pyrrole nitrogens is 1. The van der Waals surface area contributed by atoms with Crippen LogP contribution in [0.25, 0.3) is 0 Å². The molecule has 0 aliphatic heterocycles. The zero-order chi connectivity index (χ0) is 13.8. The van der Waals surface area contributed by atoms with E-state index in [1.165, 1.54) is 17.2 Å². The third kappa shape index (κ3) is 2.98. The average molecular weight is 259 g/mol. The van der Waals surface area contributed by atoms with E-state index in [0.29, 0.717) is 5.69 Å². The molecule has 6 heteroatoms. The Morgan fingerprint density at radius 1 is 1.37 bits per heavy atom. The molecule has 2 N–H and O–H groups in total. The predicted octanol–water partition coefficient (Wildman–Crippen LogP) is 1.31. The Hall–Kier alpha value is -2.63. The van der Waals surface area contributed by atoms with E-state index >= 15 is 0 Å². The monoisotopic (exact) mass is 259 g/mol. The number of nitrogens with zero attached hydrogens (tertiary/aromatic N) is 2. The van der Waals surface area contributed by atoms with Gasteiger partial charge in [0.25, 0.3) is 0 Å². The fourth-order valence-corrected chi connectivity index (χ4v) is 1.62. The topological polar surface area (TPSA) is 86.3 Å². The smallest absolute Gasteiger partial charge is 0.354 e. The van der Waals surface area contributed by atoms with Crippen LogP contribution in [0, 0.1) is 0 Å². The summed E-state index contributed by atoms with van der Waals surface area (Å²) in [7, 11) is 1.63. The first-order chi connectivity index (χ1) is 9.08. The van der Waals surface area contributed by atoms with Crippen molar-refractivity contribution in [1.29, 1.82) is 0 Å². The first-order valence-corrected chi connectivity index (χ1v) is 5.65. The Bertz CT molecular complexity index is 576. The highest BCUT2D eigenvalue weighted by atomic mass is 16.4. The predicted molar refractivity (Wildman–Crippen MR) is 69.1 cm³/mol. The number of hydrogen-bond donors (Lipinski definition) is 2. The van der Waals surface area contributed by atoms with Crippen molar-refractivity contribution in [1.82, 2.24) is 9.97 Å². The Morgan fingerprint density at radius 2 is 2.16 bits per heavy atom. The molecule has 0 aromatic carbocycles. The van der Waals surface area contributed by atoms with Crippen LogP contribution in [0.2, 0.25) is 0 Å². The third-order valence-electron chi connectivity index (χ3n) is 2.75. The number of carboxylic acids is 1. The molecule has 19 heavy (non-hydrogen) atoms. The van der Waals surface area contributed by atoms with Gasteiger partial charge in [-0.3, -0.25) is 4.79 Å². The third-order valence-corrected chi connectivity index (χ3v) is 2.75. The molecule has 2 aromatic heterocycles. The van der Waals surface area contributed by atoms with E-state index in [1.807, 2.05) is 6.07 Å². The molecule has 2 aromatic rings. The standard InChI is InChI=1S/C13H13N3O3/c1-16(12(17)6-9-4-5-14-7-9)10-2-3-11(13(18)19)15-8-10/h2-5,7-8,14H,6H2,1H3,(H,18,19). The van der Waals surface area contributed by atoms with Crippen molar-refractivity contribution in [3.63, 3.8) is 0 Å². The van der Waals surface area contributed by atoms with Crippen molar-refractivity contribution >= 4 is 17.6 Å². The Morgan fingerprint density at radius 3 is 2.68 bits per heavy atom. The molecule has 2 rings (SSSR count). The van der Waals surface area contributed by atoms with E-state index in [1.54, 1.807) is 25.5 Å². The minimum atomic E-state index is -1.09. The molecule has 0 aliphatic carbocycles. The summed E-state index contributed by atoms with van der Waals surface area (Å²) >= 11 is 0. The van der Waals surface area contributed by atoms with Gasteiger partial charge in [-0.1, -0.05) is 0 Å². The molecule has 0 spiro atoms. The molecule has 6 nitrogen and oxygen atoms in total. The van der Waals surface area contributed by atoms with Gasteiger partial charge in [-0.2, -0.15) is 0 Å². The number of anilines is 1. The second kappa shape index (κ2) is 5.34. The molecule has 1 amide bonds. The molecular formula is C13H13N3O3. The number of aromatic carboxylic acids is 1. The summed E-state index contributed by atoms with van der Waals surface area (Å²) in [5, 5.41) is 8.75. The van der Waals surface area contributed by atoms with Crippen LogP contribution in [0.4, 0.5) is 5.69 Å². The largest absolute Gasteiger partial charge is 0.477 e. The highest BCUT2D eigenvalue weighted by molar-refractivity contribution is 5.94. The molecule has 0 aliphatic rings. The maximum Gasteiger partial charge on any atom is 0.354 e. The van der Waals surface area contributed by atoms with Gasteiger partial charge >= 0.3 is 5.97 Å². The summed E-state index contributed by atoms with van der Waals surface area (Å²) in [6.07, 6.45) is 5.17. The highest BCUT2D eigenvalue weighted by Crippen LogP contribution is 2.13. The summed E-state index contributed by atoms with van der Waals surface area (Å²) in [4.78, 5) is 30.8. The van der Waals surface area contributed by atoms with Crippen molar-refractivity contribution in [3.8, 4) is 0 Å². The van der Waals surface area contributed by atoms with Crippen LogP contribution in [0.3, 0.4) is 0 Å². The van der Waals surface area contributed by atoms with E-state index in [2.05, 4.69) is 9.97 Å². The Kier molecular flexibility index (Phi) is 3.61. The second-order valence-corrected chi connectivity index (χ2v) is 4.06. The van der Waals surface area contributed by atoms with Crippen molar-refractivity contribution in [3.05, 3.63) is 48.0 Å². The number of aromatic amines is 1. The molecule has 0 radical (unpaired) electrons. The zero-order valence-corrected chi connectivity index (χ0v) is 10.3. The van der Waals surface area contributed by atoms with E-state index in [4.69, 9.17) is 5.11 Å². The number of likely N-dealkylation sites (N-methyl/N-ethyl adjacent to an activating group) is 1. The second-order valence-electron chi connectivity index (χ2n) is 4.06. The average Bonchev–Trinajstić information content (AvgIpc) is 2.90. The molecule has 0 bridgehead atoms. The fourth-order valence-electron chi connectivity index (χ4n) is 1.62. The SMILES string of the molecule is CN(C(=O)Cc1cc[nH]c1)c1ccc(C(=O)O)nc1. The lowest BCUT2D eigenvalue weighted by Crippen LogP contribution is -2.27. The van der Waals surface area contributed by atoms with E-state index in [-0.39, 0.29) is 18.0 Å². The maximum absolute atomic E-state index is 12.0. The Labute approximate surface area is 109 Å².